The number of imide groups is 1. The van der Waals surface area contributed by atoms with Crippen LogP contribution in [0.25, 0.3) is 0 Å². The Labute approximate surface area is 189 Å². The van der Waals surface area contributed by atoms with Gasteiger partial charge in [0, 0.05) is 18.9 Å². The minimum absolute atomic E-state index is 0.0364. The highest BCUT2D eigenvalue weighted by Crippen LogP contribution is 2.29. The van der Waals surface area contributed by atoms with E-state index in [1.165, 1.54) is 4.90 Å². The molecule has 2 aliphatic heterocycles. The quantitative estimate of drug-likeness (QED) is 0.680. The molecule has 0 saturated carbocycles. The van der Waals surface area contributed by atoms with Gasteiger partial charge in [0.15, 0.2) is 0 Å². The van der Waals surface area contributed by atoms with Crippen molar-refractivity contribution in [1.82, 2.24) is 9.80 Å². The molecule has 1 aromatic rings. The van der Waals surface area contributed by atoms with E-state index in [0.29, 0.717) is 26.0 Å². The monoisotopic (exact) mass is 446 g/mol. The van der Waals surface area contributed by atoms with Crippen molar-refractivity contribution in [3.8, 4) is 0 Å². The van der Waals surface area contributed by atoms with Crippen LogP contribution < -0.4 is 0 Å². The average Bonchev–Trinajstić information content (AvgIpc) is 3.06. The molecule has 2 atom stereocenters. The highest BCUT2D eigenvalue weighted by molar-refractivity contribution is 5.93. The maximum atomic E-state index is 12.9. The van der Waals surface area contributed by atoms with E-state index in [-0.39, 0.29) is 30.9 Å². The van der Waals surface area contributed by atoms with Crippen LogP contribution >= 0.6 is 0 Å². The van der Waals surface area contributed by atoms with E-state index in [9.17, 15) is 14.4 Å². The Kier molecular flexibility index (Phi) is 7.12. The Bertz CT molecular complexity index is 833. The molecule has 2 unspecified atom stereocenters. The standard InChI is InChI=1S/C24H34N2O6/c1-23(2,3)32-21(28)25-14-18(15-31-24(25,4)5)11-12-20(27)26-19(16-30-22(26)29)13-17-9-7-6-8-10-17/h6-10,18-19H,11-16H2,1-5H3. The highest BCUT2D eigenvalue weighted by atomic mass is 16.6. The first-order valence-corrected chi connectivity index (χ1v) is 11.1. The summed E-state index contributed by atoms with van der Waals surface area (Å²) in [5.41, 5.74) is -0.355. The molecule has 32 heavy (non-hydrogen) atoms. The van der Waals surface area contributed by atoms with E-state index < -0.39 is 23.5 Å². The number of ether oxygens (including phenoxy) is 3. The lowest BCUT2D eigenvalue weighted by Crippen LogP contribution is -2.57. The van der Waals surface area contributed by atoms with Gasteiger partial charge in [0.2, 0.25) is 5.91 Å². The lowest BCUT2D eigenvalue weighted by Gasteiger charge is -2.45. The fourth-order valence-electron chi connectivity index (χ4n) is 3.97. The molecule has 176 valence electrons. The Hall–Kier alpha value is -2.61. The Balaban J connectivity index is 1.58. The number of hydrogen-bond donors (Lipinski definition) is 0. The van der Waals surface area contributed by atoms with Crippen molar-refractivity contribution < 1.29 is 28.6 Å². The molecule has 0 N–H and O–H groups in total. The molecule has 2 heterocycles. The number of nitrogens with zero attached hydrogens (tertiary/aromatic N) is 2. The summed E-state index contributed by atoms with van der Waals surface area (Å²) in [7, 11) is 0. The van der Waals surface area contributed by atoms with Crippen molar-refractivity contribution in [2.45, 2.75) is 71.2 Å². The van der Waals surface area contributed by atoms with Crippen LogP contribution in [0.3, 0.4) is 0 Å². The summed E-state index contributed by atoms with van der Waals surface area (Å²) < 4.78 is 16.6. The SMILES string of the molecule is CC(C)(C)OC(=O)N1CC(CCC(=O)N2C(=O)OCC2Cc2ccccc2)COC1(C)C. The van der Waals surface area contributed by atoms with Crippen molar-refractivity contribution in [2.75, 3.05) is 19.8 Å². The van der Waals surface area contributed by atoms with E-state index in [2.05, 4.69) is 0 Å². The van der Waals surface area contributed by atoms with Gasteiger partial charge in [-0.3, -0.25) is 9.69 Å². The number of cyclic esters (lactones) is 1. The van der Waals surface area contributed by atoms with Crippen LogP contribution in [0.1, 0.15) is 53.0 Å². The minimum Gasteiger partial charge on any atom is -0.447 e. The van der Waals surface area contributed by atoms with Gasteiger partial charge < -0.3 is 14.2 Å². The molecule has 0 aromatic heterocycles. The molecule has 0 aliphatic carbocycles. The number of carbonyl (C=O) groups excluding carboxylic acids is 3. The third kappa shape index (κ3) is 6.00. The van der Waals surface area contributed by atoms with Crippen LogP contribution in [0.4, 0.5) is 9.59 Å². The fourth-order valence-corrected chi connectivity index (χ4v) is 3.97. The number of carbonyl (C=O) groups is 3. The number of benzene rings is 1. The van der Waals surface area contributed by atoms with Crippen molar-refractivity contribution in [1.29, 1.82) is 0 Å². The molecular formula is C24H34N2O6. The molecule has 3 amide bonds. The molecule has 2 saturated heterocycles. The molecule has 8 nitrogen and oxygen atoms in total. The second kappa shape index (κ2) is 9.48. The normalized spacial score (nSPS) is 23.1. The predicted molar refractivity (Wildman–Crippen MR) is 118 cm³/mol. The van der Waals surface area contributed by atoms with Gasteiger partial charge in [-0.1, -0.05) is 30.3 Å². The molecule has 3 rings (SSSR count). The van der Waals surface area contributed by atoms with Gasteiger partial charge >= 0.3 is 12.2 Å². The summed E-state index contributed by atoms with van der Waals surface area (Å²) in [6.07, 6.45) is 0.204. The van der Waals surface area contributed by atoms with Gasteiger partial charge in [-0.15, -0.1) is 0 Å². The minimum atomic E-state index is -0.789. The number of amides is 3. The van der Waals surface area contributed by atoms with Crippen molar-refractivity contribution in [3.05, 3.63) is 35.9 Å². The first-order valence-electron chi connectivity index (χ1n) is 11.1. The second-order valence-electron chi connectivity index (χ2n) is 9.94. The molecule has 0 bridgehead atoms. The Morgan fingerprint density at radius 2 is 1.84 bits per heavy atom. The third-order valence-electron chi connectivity index (χ3n) is 5.69. The van der Waals surface area contributed by atoms with Gasteiger partial charge in [-0.05, 0) is 53.0 Å². The van der Waals surface area contributed by atoms with Gasteiger partial charge in [-0.2, -0.15) is 0 Å². The zero-order chi connectivity index (χ0) is 23.5. The van der Waals surface area contributed by atoms with Gasteiger partial charge in [0.1, 0.15) is 17.9 Å². The molecular weight excluding hydrogens is 412 g/mol. The zero-order valence-corrected chi connectivity index (χ0v) is 19.6. The molecule has 0 spiro atoms. The second-order valence-corrected chi connectivity index (χ2v) is 9.94. The van der Waals surface area contributed by atoms with E-state index >= 15 is 0 Å². The summed E-state index contributed by atoms with van der Waals surface area (Å²) in [6.45, 7) is 10.2. The fraction of sp³-hybridized carbons (Fsp3) is 0.625. The van der Waals surface area contributed by atoms with Crippen molar-refractivity contribution in [2.24, 2.45) is 5.92 Å². The summed E-state index contributed by atoms with van der Waals surface area (Å²) in [4.78, 5) is 40.6. The molecule has 1 aromatic carbocycles. The van der Waals surface area contributed by atoms with Crippen molar-refractivity contribution >= 4 is 18.1 Å². The highest BCUT2D eigenvalue weighted by Gasteiger charge is 2.42. The van der Waals surface area contributed by atoms with Crippen LogP contribution in [0.15, 0.2) is 30.3 Å². The van der Waals surface area contributed by atoms with Crippen LogP contribution in [0.2, 0.25) is 0 Å². The largest absolute Gasteiger partial charge is 0.447 e. The topological polar surface area (TPSA) is 85.4 Å². The summed E-state index contributed by atoms with van der Waals surface area (Å²) in [5.74, 6) is -0.298. The van der Waals surface area contributed by atoms with E-state index in [1.54, 1.807) is 4.90 Å². The summed E-state index contributed by atoms with van der Waals surface area (Å²) in [6, 6.07) is 9.42. The lowest BCUT2D eigenvalue weighted by molar-refractivity contribution is -0.173. The Morgan fingerprint density at radius 3 is 2.50 bits per heavy atom. The maximum Gasteiger partial charge on any atom is 0.416 e. The van der Waals surface area contributed by atoms with E-state index in [1.807, 2.05) is 65.0 Å². The molecule has 2 aliphatic rings. The van der Waals surface area contributed by atoms with Crippen LogP contribution in [-0.2, 0) is 25.4 Å². The first-order chi connectivity index (χ1) is 15.0. The van der Waals surface area contributed by atoms with Gasteiger partial charge in [-0.25, -0.2) is 14.5 Å². The Morgan fingerprint density at radius 1 is 1.16 bits per heavy atom. The summed E-state index contributed by atoms with van der Waals surface area (Å²) in [5, 5.41) is 0. The smallest absolute Gasteiger partial charge is 0.416 e. The van der Waals surface area contributed by atoms with Gasteiger partial charge in [0.05, 0.1) is 12.6 Å². The van der Waals surface area contributed by atoms with E-state index in [0.717, 1.165) is 5.56 Å². The predicted octanol–water partition coefficient (Wildman–Crippen LogP) is 3.98. The molecule has 8 heteroatoms. The maximum absolute atomic E-state index is 12.9. The first kappa shape index (κ1) is 24.0. The van der Waals surface area contributed by atoms with Gasteiger partial charge in [0.25, 0.3) is 0 Å². The van der Waals surface area contributed by atoms with Crippen LogP contribution in [-0.4, -0.2) is 65.0 Å². The van der Waals surface area contributed by atoms with Crippen LogP contribution in [0, 0.1) is 5.92 Å². The average molecular weight is 447 g/mol. The molecule has 2 fully saturated rings. The number of rotatable bonds is 5. The lowest BCUT2D eigenvalue weighted by atomic mass is 9.99. The zero-order valence-electron chi connectivity index (χ0n) is 19.6. The van der Waals surface area contributed by atoms with Crippen LogP contribution in [0.5, 0.6) is 0 Å². The van der Waals surface area contributed by atoms with Crippen molar-refractivity contribution in [3.63, 3.8) is 0 Å². The van der Waals surface area contributed by atoms with E-state index in [4.69, 9.17) is 14.2 Å². The third-order valence-corrected chi connectivity index (χ3v) is 5.69. The summed E-state index contributed by atoms with van der Waals surface area (Å²) >= 11 is 0. The molecule has 0 radical (unpaired) electrons. The number of hydrogen-bond acceptors (Lipinski definition) is 6.